The number of benzene rings is 2. The fraction of sp³-hybridized carbons (Fsp3) is 0.286. The van der Waals surface area contributed by atoms with Crippen LogP contribution in [0, 0.1) is 0 Å². The van der Waals surface area contributed by atoms with Crippen LogP contribution in [0.15, 0.2) is 59.5 Å². The summed E-state index contributed by atoms with van der Waals surface area (Å²) in [5, 5.41) is 3.01. The smallest absolute Gasteiger partial charge is 0.269 e. The Balaban J connectivity index is 1.48. The lowest BCUT2D eigenvalue weighted by atomic mass is 9.83. The third-order valence-electron chi connectivity index (χ3n) is 5.09. The first kappa shape index (κ1) is 16.5. The highest BCUT2D eigenvalue weighted by molar-refractivity contribution is 5.80. The van der Waals surface area contributed by atoms with Crippen LogP contribution in [-0.2, 0) is 17.8 Å². The molecule has 0 spiro atoms. The zero-order valence-corrected chi connectivity index (χ0v) is 14.5. The first-order valence-corrected chi connectivity index (χ1v) is 9.01. The van der Waals surface area contributed by atoms with Gasteiger partial charge in [0.05, 0.1) is 17.2 Å². The van der Waals surface area contributed by atoms with Crippen LogP contribution in [-0.4, -0.2) is 22.0 Å². The van der Waals surface area contributed by atoms with Crippen molar-refractivity contribution >= 4 is 16.9 Å². The van der Waals surface area contributed by atoms with E-state index in [9.17, 15) is 9.59 Å². The predicted octanol–water partition coefficient (Wildman–Crippen LogP) is 2.63. The zero-order chi connectivity index (χ0) is 17.9. The van der Waals surface area contributed by atoms with Crippen molar-refractivity contribution in [2.24, 2.45) is 0 Å². The first-order valence-electron chi connectivity index (χ1n) is 9.01. The van der Waals surface area contributed by atoms with E-state index in [-0.39, 0.29) is 18.0 Å². The van der Waals surface area contributed by atoms with E-state index in [0.717, 1.165) is 19.3 Å². The number of para-hydroxylation sites is 2. The van der Waals surface area contributed by atoms with Gasteiger partial charge >= 0.3 is 0 Å². The van der Waals surface area contributed by atoms with Gasteiger partial charge in [-0.15, -0.1) is 0 Å². The number of fused-ring (bicyclic) bond motifs is 2. The van der Waals surface area contributed by atoms with Gasteiger partial charge < -0.3 is 5.32 Å². The summed E-state index contributed by atoms with van der Waals surface area (Å²) < 4.78 is 1.48. The van der Waals surface area contributed by atoms with Gasteiger partial charge in [0.15, 0.2) is 0 Å². The molecule has 1 amide bonds. The number of carbonyl (C=O) groups is 1. The molecule has 5 heteroatoms. The molecule has 0 radical (unpaired) electrons. The zero-order valence-electron chi connectivity index (χ0n) is 14.5. The molecule has 26 heavy (non-hydrogen) atoms. The maximum Gasteiger partial charge on any atom is 0.269 e. The highest BCUT2D eigenvalue weighted by Crippen LogP contribution is 2.30. The molecular weight excluding hydrogens is 326 g/mol. The number of hydrogen-bond donors (Lipinski definition) is 1. The summed E-state index contributed by atoms with van der Waals surface area (Å²) >= 11 is 0. The summed E-state index contributed by atoms with van der Waals surface area (Å²) in [6, 6.07) is 15.8. The topological polar surface area (TPSA) is 64.0 Å². The molecule has 1 unspecified atom stereocenters. The molecular formula is C21H21N3O2. The molecule has 1 heterocycles. The van der Waals surface area contributed by atoms with Crippen molar-refractivity contribution in [1.29, 1.82) is 0 Å². The van der Waals surface area contributed by atoms with Crippen molar-refractivity contribution in [3.05, 3.63) is 76.2 Å². The van der Waals surface area contributed by atoms with Gasteiger partial charge in [-0.3, -0.25) is 14.2 Å². The molecule has 2 aromatic carbocycles. The predicted molar refractivity (Wildman–Crippen MR) is 101 cm³/mol. The van der Waals surface area contributed by atoms with Crippen molar-refractivity contribution in [2.75, 3.05) is 6.54 Å². The number of hydrogen-bond acceptors (Lipinski definition) is 3. The van der Waals surface area contributed by atoms with Crippen LogP contribution in [0.25, 0.3) is 11.0 Å². The Morgan fingerprint density at radius 3 is 2.88 bits per heavy atom. The van der Waals surface area contributed by atoms with E-state index in [1.807, 2.05) is 24.3 Å². The minimum Gasteiger partial charge on any atom is -0.354 e. The Hall–Kier alpha value is -2.95. The second kappa shape index (κ2) is 7.12. The van der Waals surface area contributed by atoms with Crippen LogP contribution in [0.1, 0.15) is 29.9 Å². The highest BCUT2D eigenvalue weighted by Gasteiger charge is 2.20. The van der Waals surface area contributed by atoms with Crippen LogP contribution in [0.2, 0.25) is 0 Å². The number of aryl methyl sites for hydroxylation is 1. The molecule has 0 aliphatic heterocycles. The number of carbonyl (C=O) groups excluding carboxylic acids is 1. The van der Waals surface area contributed by atoms with Gasteiger partial charge in [-0.05, 0) is 42.5 Å². The first-order chi connectivity index (χ1) is 12.7. The number of rotatable bonds is 4. The summed E-state index contributed by atoms with van der Waals surface area (Å²) in [6.45, 7) is 0.615. The standard InChI is InChI=1S/C21H21N3O2/c25-20(14-24-19-11-4-3-10-18(19)22-13-21(24)26)23-12-16-8-5-7-15-6-1-2-9-17(15)16/h1-4,6,9-11,13,16H,5,7-8,12,14H2,(H,23,25). The van der Waals surface area contributed by atoms with Crippen LogP contribution < -0.4 is 10.9 Å². The molecule has 0 bridgehead atoms. The minimum absolute atomic E-state index is 0.0102. The van der Waals surface area contributed by atoms with Crippen molar-refractivity contribution in [3.63, 3.8) is 0 Å². The van der Waals surface area contributed by atoms with Crippen molar-refractivity contribution in [1.82, 2.24) is 14.9 Å². The van der Waals surface area contributed by atoms with Crippen molar-refractivity contribution in [3.8, 4) is 0 Å². The van der Waals surface area contributed by atoms with E-state index in [1.165, 1.54) is 21.9 Å². The summed E-state index contributed by atoms with van der Waals surface area (Å²) in [5.41, 5.74) is 3.85. The van der Waals surface area contributed by atoms with E-state index >= 15 is 0 Å². The maximum absolute atomic E-state index is 12.5. The van der Waals surface area contributed by atoms with Crippen LogP contribution in [0.5, 0.6) is 0 Å². The summed E-state index contributed by atoms with van der Waals surface area (Å²) in [7, 11) is 0. The molecule has 1 atom stereocenters. The van der Waals surface area contributed by atoms with Gasteiger partial charge in [0.1, 0.15) is 6.54 Å². The third-order valence-corrected chi connectivity index (χ3v) is 5.09. The second-order valence-corrected chi connectivity index (χ2v) is 6.76. The van der Waals surface area contributed by atoms with Gasteiger partial charge in [-0.2, -0.15) is 0 Å². The van der Waals surface area contributed by atoms with E-state index in [4.69, 9.17) is 0 Å². The number of nitrogens with zero attached hydrogens (tertiary/aromatic N) is 2. The molecule has 0 fully saturated rings. The molecule has 1 aliphatic carbocycles. The highest BCUT2D eigenvalue weighted by atomic mass is 16.2. The van der Waals surface area contributed by atoms with Crippen molar-refractivity contribution < 1.29 is 4.79 Å². The quantitative estimate of drug-likeness (QED) is 0.789. The van der Waals surface area contributed by atoms with Gasteiger partial charge in [-0.25, -0.2) is 4.98 Å². The molecule has 3 aromatic rings. The molecule has 1 aliphatic rings. The summed E-state index contributed by atoms with van der Waals surface area (Å²) in [4.78, 5) is 28.8. The van der Waals surface area contributed by atoms with Gasteiger partial charge in [0.2, 0.25) is 5.91 Å². The van der Waals surface area contributed by atoms with E-state index in [1.54, 1.807) is 0 Å². The average Bonchev–Trinajstić information content (AvgIpc) is 2.68. The fourth-order valence-electron chi connectivity index (χ4n) is 3.78. The number of aromatic nitrogens is 2. The van der Waals surface area contributed by atoms with Gasteiger partial charge in [0, 0.05) is 12.5 Å². The second-order valence-electron chi connectivity index (χ2n) is 6.76. The average molecular weight is 347 g/mol. The normalized spacial score (nSPS) is 16.2. The lowest BCUT2D eigenvalue weighted by Gasteiger charge is -2.25. The van der Waals surface area contributed by atoms with Crippen LogP contribution >= 0.6 is 0 Å². The molecule has 132 valence electrons. The minimum atomic E-state index is -0.262. The molecule has 1 N–H and O–H groups in total. The Labute approximate surface area is 151 Å². The molecule has 0 saturated carbocycles. The molecule has 1 aromatic heterocycles. The summed E-state index contributed by atoms with van der Waals surface area (Å²) in [6.07, 6.45) is 4.60. The molecule has 4 rings (SSSR count). The maximum atomic E-state index is 12.5. The lowest BCUT2D eigenvalue weighted by Crippen LogP contribution is -2.35. The third kappa shape index (κ3) is 3.25. The Kier molecular flexibility index (Phi) is 4.52. The number of amides is 1. The van der Waals surface area contributed by atoms with Crippen LogP contribution in [0.4, 0.5) is 0 Å². The lowest BCUT2D eigenvalue weighted by molar-refractivity contribution is -0.121. The Bertz CT molecular complexity index is 1010. The number of nitrogens with one attached hydrogen (secondary N) is 1. The fourth-order valence-corrected chi connectivity index (χ4v) is 3.78. The van der Waals surface area contributed by atoms with Crippen molar-refractivity contribution in [2.45, 2.75) is 31.7 Å². The van der Waals surface area contributed by atoms with E-state index in [0.29, 0.717) is 23.5 Å². The summed E-state index contributed by atoms with van der Waals surface area (Å²) in [5.74, 6) is 0.196. The van der Waals surface area contributed by atoms with Crippen LogP contribution in [0.3, 0.4) is 0 Å². The van der Waals surface area contributed by atoms with E-state index < -0.39 is 0 Å². The Morgan fingerprint density at radius 2 is 1.96 bits per heavy atom. The largest absolute Gasteiger partial charge is 0.354 e. The Morgan fingerprint density at radius 1 is 1.15 bits per heavy atom. The molecule has 5 nitrogen and oxygen atoms in total. The molecule has 0 saturated heterocycles. The SMILES string of the molecule is O=C(Cn1c(=O)cnc2ccccc21)NCC1CCCc2ccccc21. The van der Waals surface area contributed by atoms with E-state index in [2.05, 4.69) is 34.6 Å². The monoisotopic (exact) mass is 347 g/mol. The van der Waals surface area contributed by atoms with Gasteiger partial charge in [0.25, 0.3) is 5.56 Å². The van der Waals surface area contributed by atoms with Gasteiger partial charge in [-0.1, -0.05) is 36.4 Å².